The molecule has 1 aliphatic heterocycles. The Labute approximate surface area is 286 Å². The number of rotatable bonds is 11. The van der Waals surface area contributed by atoms with Crippen LogP contribution in [0.5, 0.6) is 17.2 Å². The highest BCUT2D eigenvalue weighted by molar-refractivity contribution is 8.00. The lowest BCUT2D eigenvalue weighted by Gasteiger charge is -2.23. The van der Waals surface area contributed by atoms with Crippen molar-refractivity contribution in [2.24, 2.45) is 0 Å². The first-order chi connectivity index (χ1) is 23.2. The number of thioether (sulfide) groups is 1. The van der Waals surface area contributed by atoms with Crippen LogP contribution in [-0.4, -0.2) is 38.7 Å². The second-order valence-corrected chi connectivity index (χ2v) is 13.4. The maximum Gasteiger partial charge on any atom is 0.301 e. The number of carbonyl (C=O) groups excluding carboxylic acids is 2. The maximum atomic E-state index is 13.7. The minimum atomic E-state index is -1.07. The highest BCUT2D eigenvalue weighted by Gasteiger charge is 2.48. The van der Waals surface area contributed by atoms with Crippen molar-refractivity contribution in [3.8, 4) is 17.2 Å². The lowest BCUT2D eigenvalue weighted by molar-refractivity contribution is -0.132. The summed E-state index contributed by atoms with van der Waals surface area (Å²) in [6.45, 7) is 6.49. The molecule has 48 heavy (non-hydrogen) atoms. The monoisotopic (exact) mass is 679 g/mol. The first kappa shape index (κ1) is 32.8. The SMILES string of the molecule is CCOc1cc(C2/C(=C(\O)c3ccc(OCc4ccccc4C)cc3)C(=O)C(=O)N2c2nnc(SCc3ccc(C)cc3)s2)ccc1O. The zero-order valence-corrected chi connectivity index (χ0v) is 28.2. The fourth-order valence-electron chi connectivity index (χ4n) is 5.30. The Morgan fingerprint density at radius 3 is 2.42 bits per heavy atom. The number of ether oxygens (including phenoxy) is 2. The minimum absolute atomic E-state index is 0.0930. The van der Waals surface area contributed by atoms with Gasteiger partial charge in [-0.3, -0.25) is 14.5 Å². The predicted octanol–water partition coefficient (Wildman–Crippen LogP) is 7.76. The van der Waals surface area contributed by atoms with Crippen molar-refractivity contribution >= 4 is 45.7 Å². The number of phenols is 1. The molecule has 0 bridgehead atoms. The van der Waals surface area contributed by atoms with E-state index in [4.69, 9.17) is 9.47 Å². The van der Waals surface area contributed by atoms with E-state index in [1.807, 2.05) is 62.4 Å². The molecule has 1 aliphatic rings. The van der Waals surface area contributed by atoms with Crippen LogP contribution < -0.4 is 14.4 Å². The smallest absolute Gasteiger partial charge is 0.301 e. The Morgan fingerprint density at radius 2 is 1.69 bits per heavy atom. The molecule has 2 N–H and O–H groups in total. The van der Waals surface area contributed by atoms with E-state index in [0.29, 0.717) is 33.6 Å². The van der Waals surface area contributed by atoms with Gasteiger partial charge in [-0.2, -0.15) is 0 Å². The average molecular weight is 680 g/mol. The fraction of sp³-hybridized carbons (Fsp3) is 0.189. The molecule has 9 nitrogen and oxygen atoms in total. The van der Waals surface area contributed by atoms with Gasteiger partial charge in [0.05, 0.1) is 18.2 Å². The van der Waals surface area contributed by atoms with Gasteiger partial charge in [0, 0.05) is 11.3 Å². The summed E-state index contributed by atoms with van der Waals surface area (Å²) in [5.41, 5.74) is 5.11. The molecule has 4 aromatic carbocycles. The zero-order valence-electron chi connectivity index (χ0n) is 26.5. The third-order valence-corrected chi connectivity index (χ3v) is 10.0. The number of hydrogen-bond acceptors (Lipinski definition) is 10. The number of ketones is 1. The molecule has 1 aromatic heterocycles. The van der Waals surface area contributed by atoms with Crippen LogP contribution in [0, 0.1) is 13.8 Å². The number of phenolic OH excluding ortho intramolecular Hbond substituents is 1. The molecule has 1 saturated heterocycles. The number of anilines is 1. The number of hydrogen-bond donors (Lipinski definition) is 2. The van der Waals surface area contributed by atoms with Crippen molar-refractivity contribution in [1.29, 1.82) is 0 Å². The van der Waals surface area contributed by atoms with Crippen LogP contribution >= 0.6 is 23.1 Å². The van der Waals surface area contributed by atoms with Crippen molar-refractivity contribution in [2.45, 2.75) is 43.5 Å². The van der Waals surface area contributed by atoms with Crippen LogP contribution in [0.15, 0.2) is 101 Å². The molecule has 1 unspecified atom stereocenters. The molecule has 6 rings (SSSR count). The summed E-state index contributed by atoms with van der Waals surface area (Å²) in [5.74, 6) is -0.749. The topological polar surface area (TPSA) is 122 Å². The normalized spacial score (nSPS) is 15.6. The lowest BCUT2D eigenvalue weighted by atomic mass is 9.95. The summed E-state index contributed by atoms with van der Waals surface area (Å²) < 4.78 is 12.2. The number of Topliss-reactive ketones (excluding diaryl/α,β-unsaturated/α-hetero) is 1. The summed E-state index contributed by atoms with van der Waals surface area (Å²) in [7, 11) is 0. The number of aliphatic hydroxyl groups excluding tert-OH is 1. The Hall–Kier alpha value is -5.13. The van der Waals surface area contributed by atoms with Gasteiger partial charge in [-0.05, 0) is 79.4 Å². The quantitative estimate of drug-likeness (QED) is 0.0474. The van der Waals surface area contributed by atoms with Crippen LogP contribution in [0.3, 0.4) is 0 Å². The predicted molar refractivity (Wildman–Crippen MR) is 187 cm³/mol. The summed E-state index contributed by atoms with van der Waals surface area (Å²) in [4.78, 5) is 28.7. The van der Waals surface area contributed by atoms with Crippen LogP contribution in [0.4, 0.5) is 5.13 Å². The number of aromatic hydroxyl groups is 1. The summed E-state index contributed by atoms with van der Waals surface area (Å²) in [6, 6.07) is 26.3. The van der Waals surface area contributed by atoms with Crippen molar-refractivity contribution < 1.29 is 29.3 Å². The second-order valence-electron chi connectivity index (χ2n) is 11.2. The van der Waals surface area contributed by atoms with Crippen molar-refractivity contribution in [1.82, 2.24) is 10.2 Å². The number of nitrogens with zero attached hydrogens (tertiary/aromatic N) is 3. The van der Waals surface area contributed by atoms with E-state index >= 15 is 0 Å². The maximum absolute atomic E-state index is 13.7. The minimum Gasteiger partial charge on any atom is -0.507 e. The lowest BCUT2D eigenvalue weighted by Crippen LogP contribution is -2.29. The summed E-state index contributed by atoms with van der Waals surface area (Å²) in [6.07, 6.45) is 0. The van der Waals surface area contributed by atoms with Crippen LogP contribution in [0.2, 0.25) is 0 Å². The fourth-order valence-corrected chi connectivity index (χ4v) is 7.13. The number of aryl methyl sites for hydroxylation is 2. The second kappa shape index (κ2) is 14.3. The van der Waals surface area contributed by atoms with E-state index in [1.54, 1.807) is 43.3 Å². The van der Waals surface area contributed by atoms with E-state index in [-0.39, 0.29) is 34.6 Å². The summed E-state index contributed by atoms with van der Waals surface area (Å²) in [5, 5.41) is 30.8. The standard InChI is InChI=1S/C37H33N3O6S2/c1-4-45-30-19-26(15-18-29(30)41)32-31(33(42)25-13-16-28(17-14-25)46-20-27-8-6-5-7-23(27)3)34(43)35(44)40(32)36-38-39-37(48-36)47-21-24-11-9-22(2)10-12-24/h5-19,32,41-42H,4,20-21H2,1-3H3/b33-31+. The van der Waals surface area contributed by atoms with Gasteiger partial charge in [0.1, 0.15) is 18.1 Å². The largest absolute Gasteiger partial charge is 0.507 e. The summed E-state index contributed by atoms with van der Waals surface area (Å²) >= 11 is 2.66. The molecular formula is C37H33N3O6S2. The van der Waals surface area contributed by atoms with Gasteiger partial charge < -0.3 is 19.7 Å². The van der Waals surface area contributed by atoms with E-state index < -0.39 is 17.7 Å². The highest BCUT2D eigenvalue weighted by Crippen LogP contribution is 2.45. The van der Waals surface area contributed by atoms with Crippen LogP contribution in [0.25, 0.3) is 5.76 Å². The van der Waals surface area contributed by atoms with E-state index in [0.717, 1.165) is 16.7 Å². The molecular weight excluding hydrogens is 647 g/mol. The molecule has 2 heterocycles. The molecule has 11 heteroatoms. The number of aliphatic hydroxyl groups is 1. The first-order valence-corrected chi connectivity index (χ1v) is 17.1. The molecule has 244 valence electrons. The van der Waals surface area contributed by atoms with Gasteiger partial charge in [0.2, 0.25) is 5.13 Å². The van der Waals surface area contributed by atoms with Crippen molar-refractivity contribution in [3.63, 3.8) is 0 Å². The molecule has 1 fully saturated rings. The Balaban J connectivity index is 1.33. The van der Waals surface area contributed by atoms with E-state index in [2.05, 4.69) is 10.2 Å². The third-order valence-electron chi connectivity index (χ3n) is 7.91. The molecule has 1 atom stereocenters. The van der Waals surface area contributed by atoms with Crippen molar-refractivity contribution in [3.05, 3.63) is 130 Å². The van der Waals surface area contributed by atoms with Gasteiger partial charge in [-0.1, -0.05) is 83.3 Å². The van der Waals surface area contributed by atoms with Crippen LogP contribution in [-0.2, 0) is 21.9 Å². The van der Waals surface area contributed by atoms with Gasteiger partial charge >= 0.3 is 5.91 Å². The Bertz CT molecular complexity index is 1990. The highest BCUT2D eigenvalue weighted by atomic mass is 32.2. The molecule has 0 aliphatic carbocycles. The Kier molecular flexibility index (Phi) is 9.79. The molecule has 0 saturated carbocycles. The van der Waals surface area contributed by atoms with Gasteiger partial charge in [0.15, 0.2) is 15.8 Å². The third kappa shape index (κ3) is 6.92. The number of benzene rings is 4. The van der Waals surface area contributed by atoms with Gasteiger partial charge in [-0.25, -0.2) is 0 Å². The molecule has 0 radical (unpaired) electrons. The Morgan fingerprint density at radius 1 is 0.938 bits per heavy atom. The molecule has 5 aromatic rings. The first-order valence-electron chi connectivity index (χ1n) is 15.3. The number of aromatic nitrogens is 2. The molecule has 0 spiro atoms. The average Bonchev–Trinajstić information content (AvgIpc) is 3.66. The zero-order chi connectivity index (χ0) is 33.8. The number of carbonyl (C=O) groups is 2. The van der Waals surface area contributed by atoms with E-state index in [1.165, 1.54) is 39.6 Å². The van der Waals surface area contributed by atoms with Crippen molar-refractivity contribution in [2.75, 3.05) is 11.5 Å². The van der Waals surface area contributed by atoms with Gasteiger partial charge in [0.25, 0.3) is 5.78 Å². The van der Waals surface area contributed by atoms with E-state index in [9.17, 15) is 19.8 Å². The van der Waals surface area contributed by atoms with Crippen LogP contribution in [0.1, 0.15) is 46.3 Å². The molecule has 1 amide bonds. The number of amides is 1. The van der Waals surface area contributed by atoms with Gasteiger partial charge in [-0.15, -0.1) is 10.2 Å².